The number of hydrazine groups is 1. The van der Waals surface area contributed by atoms with Gasteiger partial charge in [0.2, 0.25) is 0 Å². The Labute approximate surface area is 122 Å². The average Bonchev–Trinajstić information content (AvgIpc) is 2.47. The summed E-state index contributed by atoms with van der Waals surface area (Å²) < 4.78 is 32.0. The van der Waals surface area contributed by atoms with Gasteiger partial charge in [0.05, 0.1) is 13.2 Å². The molecule has 0 aliphatic heterocycles. The van der Waals surface area contributed by atoms with Crippen molar-refractivity contribution >= 4 is 0 Å². The fourth-order valence-electron chi connectivity index (χ4n) is 2.32. The summed E-state index contributed by atoms with van der Waals surface area (Å²) in [6, 6.07) is 8.98. The molecule has 2 aromatic carbocycles. The highest BCUT2D eigenvalue weighted by atomic mass is 19.1. The molecule has 0 saturated carbocycles. The van der Waals surface area contributed by atoms with E-state index < -0.39 is 5.82 Å². The molecule has 5 heteroatoms. The van der Waals surface area contributed by atoms with Gasteiger partial charge in [-0.15, -0.1) is 0 Å². The molecule has 0 heterocycles. The van der Waals surface area contributed by atoms with E-state index in [0.717, 1.165) is 16.7 Å². The number of halogens is 2. The molecule has 3 N–H and O–H groups in total. The molecule has 1 unspecified atom stereocenters. The number of ether oxygens (including phenoxy) is 1. The van der Waals surface area contributed by atoms with Crippen LogP contribution in [0.2, 0.25) is 0 Å². The van der Waals surface area contributed by atoms with E-state index in [2.05, 4.69) is 5.43 Å². The highest BCUT2D eigenvalue weighted by Crippen LogP contribution is 2.24. The quantitative estimate of drug-likeness (QED) is 0.658. The standard InChI is InChI=1S/C16H18F2N2O/c1-10-3-5-12(17)9-13(10)15(20-19)8-11-4-6-16(21-2)14(18)7-11/h3-7,9,15,20H,8,19H2,1-2H3. The molecule has 0 saturated heterocycles. The van der Waals surface area contributed by atoms with Gasteiger partial charge in [-0.05, 0) is 54.3 Å². The van der Waals surface area contributed by atoms with Crippen LogP contribution in [0.1, 0.15) is 22.7 Å². The van der Waals surface area contributed by atoms with Gasteiger partial charge < -0.3 is 4.74 Å². The Hall–Kier alpha value is -1.98. The summed E-state index contributed by atoms with van der Waals surface area (Å²) in [6.07, 6.45) is 0.446. The molecular weight excluding hydrogens is 274 g/mol. The van der Waals surface area contributed by atoms with Gasteiger partial charge in [-0.3, -0.25) is 11.3 Å². The van der Waals surface area contributed by atoms with Crippen molar-refractivity contribution in [3.8, 4) is 5.75 Å². The molecule has 2 aromatic rings. The summed E-state index contributed by atoms with van der Waals surface area (Å²) in [5, 5.41) is 0. The van der Waals surface area contributed by atoms with Gasteiger partial charge in [0.15, 0.2) is 11.6 Å². The number of benzene rings is 2. The van der Waals surface area contributed by atoms with Crippen LogP contribution in [0, 0.1) is 18.6 Å². The van der Waals surface area contributed by atoms with Gasteiger partial charge in [0.25, 0.3) is 0 Å². The van der Waals surface area contributed by atoms with Crippen LogP contribution in [0.4, 0.5) is 8.78 Å². The van der Waals surface area contributed by atoms with E-state index in [1.165, 1.54) is 25.3 Å². The van der Waals surface area contributed by atoms with E-state index in [-0.39, 0.29) is 17.6 Å². The second-order valence-electron chi connectivity index (χ2n) is 4.89. The first-order chi connectivity index (χ1) is 10.0. The first-order valence-electron chi connectivity index (χ1n) is 6.59. The molecule has 2 rings (SSSR count). The lowest BCUT2D eigenvalue weighted by atomic mass is 9.95. The zero-order valence-corrected chi connectivity index (χ0v) is 12.0. The van der Waals surface area contributed by atoms with Crippen molar-refractivity contribution in [2.75, 3.05) is 7.11 Å². The Bertz CT molecular complexity index is 632. The van der Waals surface area contributed by atoms with E-state index in [9.17, 15) is 8.78 Å². The molecule has 0 bridgehead atoms. The summed E-state index contributed by atoms with van der Waals surface area (Å²) in [5.41, 5.74) is 5.09. The maximum Gasteiger partial charge on any atom is 0.165 e. The number of methoxy groups -OCH3 is 1. The lowest BCUT2D eigenvalue weighted by molar-refractivity contribution is 0.386. The van der Waals surface area contributed by atoms with Crippen LogP contribution in [0.5, 0.6) is 5.75 Å². The lowest BCUT2D eigenvalue weighted by Crippen LogP contribution is -2.30. The van der Waals surface area contributed by atoms with Crippen LogP contribution < -0.4 is 16.0 Å². The topological polar surface area (TPSA) is 47.3 Å². The van der Waals surface area contributed by atoms with Crippen molar-refractivity contribution in [2.24, 2.45) is 5.84 Å². The van der Waals surface area contributed by atoms with E-state index in [4.69, 9.17) is 10.6 Å². The predicted octanol–water partition coefficient (Wildman–Crippen LogP) is 3.03. The first kappa shape index (κ1) is 15.4. The van der Waals surface area contributed by atoms with Gasteiger partial charge in [0, 0.05) is 0 Å². The molecule has 0 amide bonds. The van der Waals surface area contributed by atoms with Crippen LogP contribution in [0.25, 0.3) is 0 Å². The van der Waals surface area contributed by atoms with E-state index in [1.54, 1.807) is 18.2 Å². The maximum atomic E-state index is 13.7. The summed E-state index contributed by atoms with van der Waals surface area (Å²) >= 11 is 0. The summed E-state index contributed by atoms with van der Waals surface area (Å²) in [4.78, 5) is 0. The van der Waals surface area contributed by atoms with Crippen molar-refractivity contribution < 1.29 is 13.5 Å². The number of hydrogen-bond donors (Lipinski definition) is 2. The Kier molecular flexibility index (Phi) is 4.88. The van der Waals surface area contributed by atoms with E-state index >= 15 is 0 Å². The molecule has 3 nitrogen and oxygen atoms in total. The smallest absolute Gasteiger partial charge is 0.165 e. The van der Waals surface area contributed by atoms with E-state index in [0.29, 0.717) is 6.42 Å². The number of aryl methyl sites for hydroxylation is 1. The van der Waals surface area contributed by atoms with Crippen LogP contribution in [-0.4, -0.2) is 7.11 Å². The van der Waals surface area contributed by atoms with Crippen LogP contribution >= 0.6 is 0 Å². The normalized spacial score (nSPS) is 12.2. The third kappa shape index (κ3) is 3.56. The fourth-order valence-corrected chi connectivity index (χ4v) is 2.32. The zero-order valence-electron chi connectivity index (χ0n) is 12.0. The van der Waals surface area contributed by atoms with Crippen LogP contribution in [-0.2, 0) is 6.42 Å². The minimum atomic E-state index is -0.429. The van der Waals surface area contributed by atoms with Crippen LogP contribution in [0.15, 0.2) is 36.4 Å². The fraction of sp³-hybridized carbons (Fsp3) is 0.250. The molecular formula is C16H18F2N2O. The Balaban J connectivity index is 2.26. The third-order valence-corrected chi connectivity index (χ3v) is 3.47. The summed E-state index contributed by atoms with van der Waals surface area (Å²) in [6.45, 7) is 1.88. The molecule has 0 radical (unpaired) electrons. The van der Waals surface area contributed by atoms with Crippen molar-refractivity contribution in [1.29, 1.82) is 0 Å². The number of nitrogens with one attached hydrogen (secondary N) is 1. The van der Waals surface area contributed by atoms with Crippen molar-refractivity contribution in [3.05, 3.63) is 64.7 Å². The highest BCUT2D eigenvalue weighted by molar-refractivity contribution is 5.33. The van der Waals surface area contributed by atoms with Crippen molar-refractivity contribution in [3.63, 3.8) is 0 Å². The largest absolute Gasteiger partial charge is 0.494 e. The third-order valence-electron chi connectivity index (χ3n) is 3.47. The molecule has 0 spiro atoms. The summed E-state index contributed by atoms with van der Waals surface area (Å²) in [5.74, 6) is 5.02. The molecule has 0 fully saturated rings. The molecule has 0 aromatic heterocycles. The average molecular weight is 292 g/mol. The lowest BCUT2D eigenvalue weighted by Gasteiger charge is -2.19. The van der Waals surface area contributed by atoms with Gasteiger partial charge in [-0.1, -0.05) is 12.1 Å². The Morgan fingerprint density at radius 1 is 1.19 bits per heavy atom. The van der Waals surface area contributed by atoms with Gasteiger partial charge in [-0.25, -0.2) is 8.78 Å². The number of rotatable bonds is 5. The SMILES string of the molecule is COc1ccc(CC(NN)c2cc(F)ccc2C)cc1F. The molecule has 1 atom stereocenters. The van der Waals surface area contributed by atoms with Crippen LogP contribution in [0.3, 0.4) is 0 Å². The molecule has 21 heavy (non-hydrogen) atoms. The van der Waals surface area contributed by atoms with Crippen molar-refractivity contribution in [2.45, 2.75) is 19.4 Å². The molecule has 0 aliphatic rings. The second-order valence-corrected chi connectivity index (χ2v) is 4.89. The van der Waals surface area contributed by atoms with Gasteiger partial charge in [0.1, 0.15) is 5.82 Å². The van der Waals surface area contributed by atoms with Gasteiger partial charge in [-0.2, -0.15) is 0 Å². The predicted molar refractivity (Wildman–Crippen MR) is 77.9 cm³/mol. The second kappa shape index (κ2) is 6.65. The number of hydrogen-bond acceptors (Lipinski definition) is 3. The Morgan fingerprint density at radius 2 is 1.95 bits per heavy atom. The monoisotopic (exact) mass is 292 g/mol. The molecule has 112 valence electrons. The number of nitrogens with two attached hydrogens (primary N) is 1. The zero-order chi connectivity index (χ0) is 15.4. The first-order valence-corrected chi connectivity index (χ1v) is 6.59. The van der Waals surface area contributed by atoms with Crippen molar-refractivity contribution in [1.82, 2.24) is 5.43 Å². The minimum absolute atomic E-state index is 0.193. The molecule has 0 aliphatic carbocycles. The minimum Gasteiger partial charge on any atom is -0.494 e. The van der Waals surface area contributed by atoms with Gasteiger partial charge >= 0.3 is 0 Å². The maximum absolute atomic E-state index is 13.7. The van der Waals surface area contributed by atoms with E-state index in [1.807, 2.05) is 6.92 Å². The highest BCUT2D eigenvalue weighted by Gasteiger charge is 2.15. The summed E-state index contributed by atoms with van der Waals surface area (Å²) in [7, 11) is 1.42. The Morgan fingerprint density at radius 3 is 2.57 bits per heavy atom.